The predicted octanol–water partition coefficient (Wildman–Crippen LogP) is 2.17. The maximum absolute atomic E-state index is 12.0. The number of hydrazine groups is 1. The molecule has 144 valence electrons. The van der Waals surface area contributed by atoms with Crippen LogP contribution in [-0.4, -0.2) is 32.4 Å². The van der Waals surface area contributed by atoms with Crippen LogP contribution in [0.2, 0.25) is 5.02 Å². The van der Waals surface area contributed by atoms with Crippen LogP contribution in [-0.2, 0) is 4.79 Å². The van der Waals surface area contributed by atoms with E-state index in [-0.39, 0.29) is 5.75 Å². The van der Waals surface area contributed by atoms with Gasteiger partial charge < -0.3 is 5.84 Å². The van der Waals surface area contributed by atoms with E-state index in [4.69, 9.17) is 17.4 Å². The van der Waals surface area contributed by atoms with Gasteiger partial charge in [-0.15, -0.1) is 10.2 Å². The molecule has 3 aromatic rings. The van der Waals surface area contributed by atoms with E-state index in [0.29, 0.717) is 21.6 Å². The van der Waals surface area contributed by atoms with Gasteiger partial charge in [-0.05, 0) is 31.2 Å². The number of hydrogen-bond acceptors (Lipinski definition) is 6. The van der Waals surface area contributed by atoms with Gasteiger partial charge in [0, 0.05) is 16.1 Å². The molecule has 0 aliphatic heterocycles. The zero-order valence-corrected chi connectivity index (χ0v) is 16.4. The number of thioether (sulfide) groups is 1. The van der Waals surface area contributed by atoms with Crippen LogP contribution in [0.1, 0.15) is 15.9 Å². The first-order valence-corrected chi connectivity index (χ1v) is 9.55. The Hall–Kier alpha value is -3.04. The highest BCUT2D eigenvalue weighted by atomic mass is 35.5. The number of hydrogen-bond donors (Lipinski definition) is 3. The summed E-state index contributed by atoms with van der Waals surface area (Å²) in [6, 6.07) is 14.0. The van der Waals surface area contributed by atoms with Crippen molar-refractivity contribution in [2.45, 2.75) is 12.1 Å². The molecule has 1 heterocycles. The number of nitrogen functional groups attached to an aromatic ring is 1. The molecule has 10 heteroatoms. The topological polar surface area (TPSA) is 115 Å². The normalized spacial score (nSPS) is 10.5. The van der Waals surface area contributed by atoms with Gasteiger partial charge in [0.2, 0.25) is 11.1 Å². The average molecular weight is 417 g/mol. The molecule has 0 atom stereocenters. The standard InChI is InChI=1S/C18H17ClN6O2S/c1-11-2-4-12(5-3-11)16-22-24-18(25(16)20)28-10-15(26)21-23-17(27)13-6-8-14(19)9-7-13/h2-9H,10,20H2,1H3,(H,21,26)(H,23,27). The van der Waals surface area contributed by atoms with E-state index >= 15 is 0 Å². The van der Waals surface area contributed by atoms with Crippen LogP contribution in [0.5, 0.6) is 0 Å². The summed E-state index contributed by atoms with van der Waals surface area (Å²) in [6.07, 6.45) is 0. The van der Waals surface area contributed by atoms with Gasteiger partial charge in [-0.1, -0.05) is 53.2 Å². The Bertz CT molecular complexity index is 988. The number of nitrogens with zero attached hydrogens (tertiary/aromatic N) is 3. The average Bonchev–Trinajstić information content (AvgIpc) is 3.06. The van der Waals surface area contributed by atoms with Crippen LogP contribution in [0.4, 0.5) is 0 Å². The lowest BCUT2D eigenvalue weighted by atomic mass is 10.1. The third-order valence-electron chi connectivity index (χ3n) is 3.73. The first-order chi connectivity index (χ1) is 13.4. The number of amides is 2. The van der Waals surface area contributed by atoms with Crippen LogP contribution in [0.25, 0.3) is 11.4 Å². The second-order valence-electron chi connectivity index (χ2n) is 5.84. The number of nitrogens with one attached hydrogen (secondary N) is 2. The maximum Gasteiger partial charge on any atom is 0.269 e. The number of nitrogens with two attached hydrogens (primary N) is 1. The third-order valence-corrected chi connectivity index (χ3v) is 4.92. The molecule has 28 heavy (non-hydrogen) atoms. The van der Waals surface area contributed by atoms with E-state index in [0.717, 1.165) is 22.9 Å². The quantitative estimate of drug-likeness (QED) is 0.333. The molecule has 3 rings (SSSR count). The summed E-state index contributed by atoms with van der Waals surface area (Å²) in [5.41, 5.74) is 7.00. The maximum atomic E-state index is 12.0. The lowest BCUT2D eigenvalue weighted by Gasteiger charge is -2.07. The second kappa shape index (κ2) is 8.77. The van der Waals surface area contributed by atoms with Gasteiger partial charge >= 0.3 is 0 Å². The summed E-state index contributed by atoms with van der Waals surface area (Å²) < 4.78 is 1.33. The van der Waals surface area contributed by atoms with Crippen LogP contribution in [0.15, 0.2) is 53.7 Å². The van der Waals surface area contributed by atoms with Crippen molar-refractivity contribution in [2.75, 3.05) is 11.6 Å². The smallest absolute Gasteiger partial charge is 0.269 e. The Morgan fingerprint density at radius 3 is 2.43 bits per heavy atom. The lowest BCUT2D eigenvalue weighted by molar-refractivity contribution is -0.119. The van der Waals surface area contributed by atoms with Crippen molar-refractivity contribution in [3.05, 3.63) is 64.7 Å². The number of aromatic nitrogens is 3. The molecule has 2 amide bonds. The molecule has 0 aliphatic rings. The molecule has 0 unspecified atom stereocenters. The number of carbonyl (C=O) groups excluding carboxylic acids is 2. The van der Waals surface area contributed by atoms with Gasteiger partial charge in [0.1, 0.15) is 0 Å². The monoisotopic (exact) mass is 416 g/mol. The highest BCUT2D eigenvalue weighted by Gasteiger charge is 2.14. The minimum Gasteiger partial charge on any atom is -0.335 e. The van der Waals surface area contributed by atoms with Crippen molar-refractivity contribution in [1.82, 2.24) is 25.7 Å². The number of aryl methyl sites for hydroxylation is 1. The Labute approximate surface area is 170 Å². The second-order valence-corrected chi connectivity index (χ2v) is 7.22. The molecule has 0 saturated carbocycles. The Kier molecular flexibility index (Phi) is 6.17. The molecule has 0 radical (unpaired) electrons. The summed E-state index contributed by atoms with van der Waals surface area (Å²) >= 11 is 6.88. The van der Waals surface area contributed by atoms with E-state index in [1.54, 1.807) is 24.3 Å². The fraction of sp³-hybridized carbons (Fsp3) is 0.111. The lowest BCUT2D eigenvalue weighted by Crippen LogP contribution is -2.42. The van der Waals surface area contributed by atoms with Gasteiger partial charge in [0.05, 0.1) is 5.75 Å². The van der Waals surface area contributed by atoms with E-state index in [9.17, 15) is 9.59 Å². The summed E-state index contributed by atoms with van der Waals surface area (Å²) in [4.78, 5) is 23.9. The molecule has 2 aromatic carbocycles. The number of rotatable bonds is 5. The van der Waals surface area contributed by atoms with E-state index in [1.807, 2.05) is 31.2 Å². The van der Waals surface area contributed by atoms with Crippen molar-refractivity contribution < 1.29 is 9.59 Å². The largest absolute Gasteiger partial charge is 0.335 e. The molecule has 0 spiro atoms. The number of carbonyl (C=O) groups is 2. The number of benzene rings is 2. The predicted molar refractivity (Wildman–Crippen MR) is 108 cm³/mol. The summed E-state index contributed by atoms with van der Waals surface area (Å²) in [7, 11) is 0. The molecule has 4 N–H and O–H groups in total. The molecule has 0 bridgehead atoms. The van der Waals surface area contributed by atoms with Crippen LogP contribution < -0.4 is 16.7 Å². The summed E-state index contributed by atoms with van der Waals surface area (Å²) in [5.74, 6) is 5.68. The van der Waals surface area contributed by atoms with Crippen LogP contribution in [0, 0.1) is 6.92 Å². The Morgan fingerprint density at radius 1 is 1.07 bits per heavy atom. The van der Waals surface area contributed by atoms with Crippen molar-refractivity contribution in [3.63, 3.8) is 0 Å². The minimum atomic E-state index is -0.446. The molecule has 0 fully saturated rings. The van der Waals surface area contributed by atoms with Crippen molar-refractivity contribution >= 4 is 35.2 Å². The van der Waals surface area contributed by atoms with Gasteiger partial charge in [-0.25, -0.2) is 4.68 Å². The van der Waals surface area contributed by atoms with Gasteiger partial charge in [-0.2, -0.15) is 0 Å². The highest BCUT2D eigenvalue weighted by molar-refractivity contribution is 7.99. The Morgan fingerprint density at radius 2 is 1.75 bits per heavy atom. The van der Waals surface area contributed by atoms with Gasteiger partial charge in [0.15, 0.2) is 5.82 Å². The first-order valence-electron chi connectivity index (χ1n) is 8.19. The van der Waals surface area contributed by atoms with Gasteiger partial charge in [0.25, 0.3) is 5.91 Å². The highest BCUT2D eigenvalue weighted by Crippen LogP contribution is 2.21. The zero-order valence-electron chi connectivity index (χ0n) is 14.8. The van der Waals surface area contributed by atoms with Crippen molar-refractivity contribution in [3.8, 4) is 11.4 Å². The molecular formula is C18H17ClN6O2S. The van der Waals surface area contributed by atoms with E-state index < -0.39 is 11.8 Å². The van der Waals surface area contributed by atoms with Gasteiger partial charge in [-0.3, -0.25) is 20.4 Å². The molecule has 8 nitrogen and oxygen atoms in total. The molecular weight excluding hydrogens is 400 g/mol. The SMILES string of the molecule is Cc1ccc(-c2nnc(SCC(=O)NNC(=O)c3ccc(Cl)cc3)n2N)cc1. The molecule has 0 saturated heterocycles. The number of halogens is 1. The third kappa shape index (κ3) is 4.81. The zero-order chi connectivity index (χ0) is 20.1. The fourth-order valence-corrected chi connectivity index (χ4v) is 3.02. The Balaban J connectivity index is 1.53. The van der Waals surface area contributed by atoms with E-state index in [2.05, 4.69) is 21.0 Å². The summed E-state index contributed by atoms with van der Waals surface area (Å²) in [5, 5.41) is 8.98. The van der Waals surface area contributed by atoms with Crippen LogP contribution in [0.3, 0.4) is 0 Å². The van der Waals surface area contributed by atoms with Crippen molar-refractivity contribution in [1.29, 1.82) is 0 Å². The first kappa shape index (κ1) is 19.7. The molecule has 0 aliphatic carbocycles. The minimum absolute atomic E-state index is 0.00410. The van der Waals surface area contributed by atoms with Crippen LogP contribution >= 0.6 is 23.4 Å². The molecule has 1 aromatic heterocycles. The fourth-order valence-electron chi connectivity index (χ4n) is 2.24. The summed E-state index contributed by atoms with van der Waals surface area (Å²) in [6.45, 7) is 1.99. The van der Waals surface area contributed by atoms with E-state index in [1.165, 1.54) is 4.68 Å². The van der Waals surface area contributed by atoms with Crippen molar-refractivity contribution in [2.24, 2.45) is 0 Å².